The summed E-state index contributed by atoms with van der Waals surface area (Å²) in [4.78, 5) is 12.2. The maximum Gasteiger partial charge on any atom is 0.407 e. The highest BCUT2D eigenvalue weighted by Gasteiger charge is 2.20. The number of rotatable bonds is 5. The standard InChI is InChI=1S/C14H20N2O4/c1-2-16(14(17)18)6-7-19-12-4-3-5-13-11(12)8-10(15)9-20-13/h3-5,10H,2,6-9,15H2,1H3,(H,17,18)/t10-/m0/s1. The predicted octanol–water partition coefficient (Wildman–Crippen LogP) is 1.33. The Morgan fingerprint density at radius 1 is 1.60 bits per heavy atom. The maximum atomic E-state index is 10.9. The Bertz CT molecular complexity index is 478. The second kappa shape index (κ2) is 6.47. The van der Waals surface area contributed by atoms with Crippen LogP contribution in [0.2, 0.25) is 0 Å². The maximum absolute atomic E-state index is 10.9. The lowest BCUT2D eigenvalue weighted by Gasteiger charge is -2.25. The minimum Gasteiger partial charge on any atom is -0.492 e. The van der Waals surface area contributed by atoms with E-state index in [1.165, 1.54) is 4.90 Å². The third kappa shape index (κ3) is 3.33. The zero-order valence-corrected chi connectivity index (χ0v) is 11.5. The van der Waals surface area contributed by atoms with Crippen LogP contribution in [0.3, 0.4) is 0 Å². The van der Waals surface area contributed by atoms with Gasteiger partial charge in [-0.05, 0) is 25.5 Å². The summed E-state index contributed by atoms with van der Waals surface area (Å²) in [5, 5.41) is 8.93. The molecule has 6 nitrogen and oxygen atoms in total. The van der Waals surface area contributed by atoms with Crippen LogP contribution in [0, 0.1) is 0 Å². The van der Waals surface area contributed by atoms with Gasteiger partial charge in [0.15, 0.2) is 0 Å². The molecule has 0 aromatic heterocycles. The number of benzene rings is 1. The van der Waals surface area contributed by atoms with Crippen molar-refractivity contribution < 1.29 is 19.4 Å². The van der Waals surface area contributed by atoms with E-state index >= 15 is 0 Å². The van der Waals surface area contributed by atoms with Gasteiger partial charge in [0.2, 0.25) is 0 Å². The number of nitrogens with zero attached hydrogens (tertiary/aromatic N) is 1. The van der Waals surface area contributed by atoms with Crippen LogP contribution >= 0.6 is 0 Å². The number of fused-ring (bicyclic) bond motifs is 1. The molecule has 0 radical (unpaired) electrons. The number of carbonyl (C=O) groups is 1. The molecule has 3 N–H and O–H groups in total. The van der Waals surface area contributed by atoms with Crippen molar-refractivity contribution in [1.29, 1.82) is 0 Å². The molecule has 1 amide bonds. The zero-order valence-electron chi connectivity index (χ0n) is 11.5. The van der Waals surface area contributed by atoms with Crippen molar-refractivity contribution in [3.8, 4) is 11.5 Å². The average molecular weight is 280 g/mol. The van der Waals surface area contributed by atoms with Crippen LogP contribution in [-0.4, -0.2) is 48.4 Å². The molecule has 2 rings (SSSR count). The van der Waals surface area contributed by atoms with E-state index in [9.17, 15) is 4.79 Å². The van der Waals surface area contributed by atoms with E-state index in [0.29, 0.717) is 32.7 Å². The highest BCUT2D eigenvalue weighted by molar-refractivity contribution is 5.64. The lowest BCUT2D eigenvalue weighted by molar-refractivity contribution is 0.137. The summed E-state index contributed by atoms with van der Waals surface area (Å²) in [5.74, 6) is 1.52. The van der Waals surface area contributed by atoms with Gasteiger partial charge in [-0.1, -0.05) is 6.07 Å². The SMILES string of the molecule is CCN(CCOc1cccc2c1C[C@H](N)CO2)C(=O)O. The molecule has 0 fully saturated rings. The van der Waals surface area contributed by atoms with E-state index in [0.717, 1.165) is 17.1 Å². The van der Waals surface area contributed by atoms with Crippen LogP contribution in [0.4, 0.5) is 4.79 Å². The molecule has 0 saturated heterocycles. The minimum atomic E-state index is -0.934. The monoisotopic (exact) mass is 280 g/mol. The van der Waals surface area contributed by atoms with Crippen LogP contribution < -0.4 is 15.2 Å². The molecule has 0 spiro atoms. The van der Waals surface area contributed by atoms with Gasteiger partial charge >= 0.3 is 6.09 Å². The van der Waals surface area contributed by atoms with Crippen LogP contribution in [0.25, 0.3) is 0 Å². The van der Waals surface area contributed by atoms with Crippen LogP contribution in [0.15, 0.2) is 18.2 Å². The largest absolute Gasteiger partial charge is 0.492 e. The topological polar surface area (TPSA) is 85.0 Å². The summed E-state index contributed by atoms with van der Waals surface area (Å²) in [6.45, 7) is 3.40. The van der Waals surface area contributed by atoms with E-state index in [4.69, 9.17) is 20.3 Å². The van der Waals surface area contributed by atoms with E-state index in [-0.39, 0.29) is 6.04 Å². The fourth-order valence-corrected chi connectivity index (χ4v) is 2.19. The quantitative estimate of drug-likeness (QED) is 0.850. The van der Waals surface area contributed by atoms with Crippen molar-refractivity contribution in [3.63, 3.8) is 0 Å². The van der Waals surface area contributed by atoms with Crippen molar-refractivity contribution in [2.24, 2.45) is 5.73 Å². The van der Waals surface area contributed by atoms with Gasteiger partial charge in [-0.25, -0.2) is 4.79 Å². The molecular formula is C14H20N2O4. The number of nitrogens with two attached hydrogens (primary N) is 1. The fraction of sp³-hybridized carbons (Fsp3) is 0.500. The van der Waals surface area contributed by atoms with Gasteiger partial charge in [0.05, 0.1) is 6.54 Å². The van der Waals surface area contributed by atoms with E-state index in [1.807, 2.05) is 18.2 Å². The van der Waals surface area contributed by atoms with Gasteiger partial charge in [-0.2, -0.15) is 0 Å². The molecule has 0 unspecified atom stereocenters. The van der Waals surface area contributed by atoms with Gasteiger partial charge in [0, 0.05) is 18.2 Å². The molecule has 1 heterocycles. The molecule has 1 aliphatic rings. The molecular weight excluding hydrogens is 260 g/mol. The third-order valence-electron chi connectivity index (χ3n) is 3.28. The van der Waals surface area contributed by atoms with Gasteiger partial charge in [-0.15, -0.1) is 0 Å². The van der Waals surface area contributed by atoms with Crippen LogP contribution in [-0.2, 0) is 6.42 Å². The van der Waals surface area contributed by atoms with Crippen molar-refractivity contribution in [2.45, 2.75) is 19.4 Å². The number of ether oxygens (including phenoxy) is 2. The molecule has 1 aromatic carbocycles. The Kier molecular flexibility index (Phi) is 4.68. The number of carboxylic acid groups (broad SMARTS) is 1. The Morgan fingerprint density at radius 3 is 3.10 bits per heavy atom. The van der Waals surface area contributed by atoms with Gasteiger partial charge in [0.25, 0.3) is 0 Å². The normalized spacial score (nSPS) is 17.0. The second-order valence-corrected chi connectivity index (χ2v) is 4.72. The predicted molar refractivity (Wildman–Crippen MR) is 74.4 cm³/mol. The van der Waals surface area contributed by atoms with Crippen LogP contribution in [0.1, 0.15) is 12.5 Å². The highest BCUT2D eigenvalue weighted by atomic mass is 16.5. The fourth-order valence-electron chi connectivity index (χ4n) is 2.19. The molecule has 1 atom stereocenters. The lowest BCUT2D eigenvalue weighted by atomic mass is 10.0. The molecule has 110 valence electrons. The first-order valence-corrected chi connectivity index (χ1v) is 6.72. The first-order valence-electron chi connectivity index (χ1n) is 6.72. The third-order valence-corrected chi connectivity index (χ3v) is 3.28. The molecule has 20 heavy (non-hydrogen) atoms. The van der Waals surface area contributed by atoms with Crippen molar-refractivity contribution in [2.75, 3.05) is 26.3 Å². The number of likely N-dealkylation sites (N-methyl/N-ethyl adjacent to an activating group) is 1. The summed E-state index contributed by atoms with van der Waals surface area (Å²) in [6.07, 6.45) is -0.224. The first-order chi connectivity index (χ1) is 9.61. The smallest absolute Gasteiger partial charge is 0.407 e. The van der Waals surface area contributed by atoms with Crippen LogP contribution in [0.5, 0.6) is 11.5 Å². The molecule has 0 saturated carbocycles. The summed E-state index contributed by atoms with van der Waals surface area (Å²) in [6, 6.07) is 5.58. The summed E-state index contributed by atoms with van der Waals surface area (Å²) >= 11 is 0. The highest BCUT2D eigenvalue weighted by Crippen LogP contribution is 2.32. The van der Waals surface area contributed by atoms with Crippen molar-refractivity contribution in [3.05, 3.63) is 23.8 Å². The summed E-state index contributed by atoms with van der Waals surface area (Å²) < 4.78 is 11.2. The average Bonchev–Trinajstić information content (AvgIpc) is 2.43. The van der Waals surface area contributed by atoms with Gasteiger partial charge in [0.1, 0.15) is 24.7 Å². The number of amides is 1. The molecule has 1 aromatic rings. The Morgan fingerprint density at radius 2 is 2.40 bits per heavy atom. The molecule has 6 heteroatoms. The van der Waals surface area contributed by atoms with Crippen molar-refractivity contribution in [1.82, 2.24) is 4.90 Å². The number of hydrogen-bond donors (Lipinski definition) is 2. The molecule has 0 aliphatic carbocycles. The van der Waals surface area contributed by atoms with E-state index in [1.54, 1.807) is 6.92 Å². The Labute approximate surface area is 118 Å². The minimum absolute atomic E-state index is 0.0293. The van der Waals surface area contributed by atoms with E-state index < -0.39 is 6.09 Å². The Hall–Kier alpha value is -1.95. The van der Waals surface area contributed by atoms with E-state index in [2.05, 4.69) is 0 Å². The van der Waals surface area contributed by atoms with Gasteiger partial charge in [-0.3, -0.25) is 0 Å². The Balaban J connectivity index is 1.98. The summed E-state index contributed by atoms with van der Waals surface area (Å²) in [5.41, 5.74) is 6.85. The number of hydrogen-bond acceptors (Lipinski definition) is 4. The zero-order chi connectivity index (χ0) is 14.5. The lowest BCUT2D eigenvalue weighted by Crippen LogP contribution is -2.35. The van der Waals surface area contributed by atoms with Gasteiger partial charge < -0.3 is 25.2 Å². The second-order valence-electron chi connectivity index (χ2n) is 4.72. The first kappa shape index (κ1) is 14.5. The molecule has 1 aliphatic heterocycles. The summed E-state index contributed by atoms with van der Waals surface area (Å²) in [7, 11) is 0. The molecule has 0 bridgehead atoms. The van der Waals surface area contributed by atoms with Crippen molar-refractivity contribution >= 4 is 6.09 Å².